The van der Waals surface area contributed by atoms with Gasteiger partial charge in [-0.1, -0.05) is 5.16 Å². The molecule has 1 amide bonds. The number of halogens is 2. The van der Waals surface area contributed by atoms with Gasteiger partial charge in [-0.15, -0.1) is 0 Å². The van der Waals surface area contributed by atoms with Gasteiger partial charge in [-0.25, -0.2) is 13.8 Å². The molecular weight excluding hydrogens is 484 g/mol. The number of rotatable bonds is 6. The molecule has 186 valence electrons. The van der Waals surface area contributed by atoms with E-state index in [4.69, 9.17) is 9.26 Å². The lowest BCUT2D eigenvalue weighted by molar-refractivity contribution is -0.116. The molecule has 0 aliphatic rings. The molecule has 0 atom stereocenters. The van der Waals surface area contributed by atoms with E-state index in [0.717, 1.165) is 12.1 Å². The third kappa shape index (κ3) is 4.79. The van der Waals surface area contributed by atoms with Gasteiger partial charge in [-0.3, -0.25) is 9.59 Å². The van der Waals surface area contributed by atoms with Crippen LogP contribution in [0.5, 0.6) is 5.75 Å². The Morgan fingerprint density at radius 1 is 1.08 bits per heavy atom. The molecule has 0 saturated carbocycles. The topological polar surface area (TPSA) is 112 Å². The number of hydrogen-bond acceptors (Lipinski definition) is 7. The molecule has 11 heteroatoms. The van der Waals surface area contributed by atoms with Gasteiger partial charge in [0.1, 0.15) is 35.1 Å². The normalized spacial score (nSPS) is 11.0. The minimum Gasteiger partial charge on any atom is -0.497 e. The van der Waals surface area contributed by atoms with E-state index in [9.17, 15) is 18.4 Å². The number of methoxy groups -OCH3 is 1. The summed E-state index contributed by atoms with van der Waals surface area (Å²) in [7, 11) is 1.55. The summed E-state index contributed by atoms with van der Waals surface area (Å²) in [5, 5.41) is 6.61. The predicted octanol–water partition coefficient (Wildman–Crippen LogP) is 4.35. The number of pyridine rings is 2. The van der Waals surface area contributed by atoms with Gasteiger partial charge in [-0.05, 0) is 55.5 Å². The monoisotopic (exact) mass is 503 g/mol. The fourth-order valence-electron chi connectivity index (χ4n) is 3.76. The van der Waals surface area contributed by atoms with Crippen LogP contribution >= 0.6 is 0 Å². The minimum atomic E-state index is -0.912. The molecule has 37 heavy (non-hydrogen) atoms. The maximum absolute atomic E-state index is 14.0. The standard InChI is InChI=1S/C26H19F2N5O4/c1-14-3-9-18-23(35)19(26-31-24(32-37-26)15-4-7-17(36-2)8-5-15)12-33(25(18)29-14)13-22(34)30-21-10-6-16(27)11-20(21)28/h3-12H,13H2,1-2H3,(H,30,34). The highest BCUT2D eigenvalue weighted by Gasteiger charge is 2.19. The number of anilines is 1. The highest BCUT2D eigenvalue weighted by atomic mass is 19.1. The van der Waals surface area contributed by atoms with Gasteiger partial charge in [0.25, 0.3) is 5.89 Å². The summed E-state index contributed by atoms with van der Waals surface area (Å²) in [5.74, 6) is -1.42. The van der Waals surface area contributed by atoms with Crippen LogP contribution in [0.25, 0.3) is 33.9 Å². The molecule has 0 fully saturated rings. The molecule has 2 aromatic carbocycles. The van der Waals surface area contributed by atoms with Crippen LogP contribution in [0, 0.1) is 18.6 Å². The van der Waals surface area contributed by atoms with Crippen LogP contribution in [0.2, 0.25) is 0 Å². The largest absolute Gasteiger partial charge is 0.497 e. The SMILES string of the molecule is COc1ccc(-c2noc(-c3cn(CC(=O)Nc4ccc(F)cc4F)c4nc(C)ccc4c3=O)n2)cc1. The van der Waals surface area contributed by atoms with Gasteiger partial charge in [0.05, 0.1) is 18.2 Å². The molecule has 0 saturated heterocycles. The molecule has 0 aliphatic heterocycles. The fourth-order valence-corrected chi connectivity index (χ4v) is 3.76. The Morgan fingerprint density at radius 2 is 1.86 bits per heavy atom. The number of amides is 1. The maximum atomic E-state index is 14.0. The molecule has 9 nitrogen and oxygen atoms in total. The number of nitrogens with one attached hydrogen (secondary N) is 1. The molecule has 0 unspecified atom stereocenters. The summed E-state index contributed by atoms with van der Waals surface area (Å²) in [6.07, 6.45) is 1.39. The first-order valence-electron chi connectivity index (χ1n) is 11.1. The van der Waals surface area contributed by atoms with E-state index in [1.807, 2.05) is 0 Å². The number of carbonyl (C=O) groups is 1. The zero-order valence-electron chi connectivity index (χ0n) is 19.7. The number of hydrogen-bond donors (Lipinski definition) is 1. The van der Waals surface area contributed by atoms with Crippen molar-refractivity contribution < 1.29 is 22.8 Å². The molecule has 3 aromatic heterocycles. The van der Waals surface area contributed by atoms with Gasteiger partial charge in [0.15, 0.2) is 0 Å². The molecule has 5 aromatic rings. The molecule has 5 rings (SSSR count). The maximum Gasteiger partial charge on any atom is 0.263 e. The molecule has 1 N–H and O–H groups in total. The Balaban J connectivity index is 1.53. The molecule has 0 spiro atoms. The molecule has 0 radical (unpaired) electrons. The van der Waals surface area contributed by atoms with Crippen molar-refractivity contribution in [2.24, 2.45) is 0 Å². The Kier molecular flexibility index (Phi) is 6.18. The first-order chi connectivity index (χ1) is 17.8. The van der Waals surface area contributed by atoms with E-state index in [1.54, 1.807) is 50.4 Å². The average Bonchev–Trinajstić information content (AvgIpc) is 3.37. The Labute approximate surface area is 208 Å². The lowest BCUT2D eigenvalue weighted by Crippen LogP contribution is -2.22. The third-order valence-electron chi connectivity index (χ3n) is 5.58. The van der Waals surface area contributed by atoms with Crippen LogP contribution in [0.1, 0.15) is 5.69 Å². The fraction of sp³-hybridized carbons (Fsp3) is 0.115. The Bertz CT molecular complexity index is 1700. The van der Waals surface area contributed by atoms with Gasteiger partial charge >= 0.3 is 0 Å². The van der Waals surface area contributed by atoms with E-state index in [2.05, 4.69) is 20.4 Å². The number of ether oxygens (including phenoxy) is 1. The smallest absolute Gasteiger partial charge is 0.263 e. The van der Waals surface area contributed by atoms with Gasteiger partial charge < -0.3 is 19.1 Å². The molecule has 0 bridgehead atoms. The van der Waals surface area contributed by atoms with Gasteiger partial charge in [0.2, 0.25) is 17.2 Å². The Morgan fingerprint density at radius 3 is 2.59 bits per heavy atom. The van der Waals surface area contributed by atoms with E-state index >= 15 is 0 Å². The van der Waals surface area contributed by atoms with Crippen molar-refractivity contribution in [3.8, 4) is 28.6 Å². The third-order valence-corrected chi connectivity index (χ3v) is 5.58. The van der Waals surface area contributed by atoms with Crippen LogP contribution in [0.3, 0.4) is 0 Å². The molecular formula is C26H19F2N5O4. The zero-order valence-corrected chi connectivity index (χ0v) is 19.7. The van der Waals surface area contributed by atoms with Crippen molar-refractivity contribution in [2.75, 3.05) is 12.4 Å². The number of carbonyl (C=O) groups excluding carboxylic acids is 1. The summed E-state index contributed by atoms with van der Waals surface area (Å²) in [5.41, 5.74) is 0.994. The van der Waals surface area contributed by atoms with E-state index in [-0.39, 0.29) is 40.5 Å². The van der Waals surface area contributed by atoms with E-state index in [1.165, 1.54) is 10.8 Å². The summed E-state index contributed by atoms with van der Waals surface area (Å²) < 4.78 is 39.2. The second-order valence-corrected chi connectivity index (χ2v) is 8.15. The van der Waals surface area contributed by atoms with Crippen LogP contribution < -0.4 is 15.5 Å². The van der Waals surface area contributed by atoms with Crippen molar-refractivity contribution in [3.05, 3.63) is 88.3 Å². The van der Waals surface area contributed by atoms with E-state index < -0.39 is 23.0 Å². The quantitative estimate of drug-likeness (QED) is 0.367. The number of fused-ring (bicyclic) bond motifs is 1. The second-order valence-electron chi connectivity index (χ2n) is 8.15. The summed E-state index contributed by atoms with van der Waals surface area (Å²) in [4.78, 5) is 34.8. The highest BCUT2D eigenvalue weighted by molar-refractivity contribution is 5.92. The van der Waals surface area contributed by atoms with Crippen molar-refractivity contribution in [3.63, 3.8) is 0 Å². The number of aromatic nitrogens is 4. The first kappa shape index (κ1) is 23.8. The summed E-state index contributed by atoms with van der Waals surface area (Å²) in [6, 6.07) is 13.1. The van der Waals surface area contributed by atoms with Gasteiger partial charge in [-0.2, -0.15) is 4.98 Å². The first-order valence-corrected chi connectivity index (χ1v) is 11.1. The highest BCUT2D eigenvalue weighted by Crippen LogP contribution is 2.24. The van der Waals surface area contributed by atoms with Crippen LogP contribution in [-0.2, 0) is 11.3 Å². The van der Waals surface area contributed by atoms with Gasteiger partial charge in [0, 0.05) is 23.5 Å². The van der Waals surface area contributed by atoms with Crippen molar-refractivity contribution in [1.29, 1.82) is 0 Å². The van der Waals surface area contributed by atoms with Crippen LogP contribution in [0.4, 0.5) is 14.5 Å². The lowest BCUT2D eigenvalue weighted by atomic mass is 10.1. The average molecular weight is 503 g/mol. The van der Waals surface area contributed by atoms with Crippen molar-refractivity contribution in [1.82, 2.24) is 19.7 Å². The minimum absolute atomic E-state index is 0.0444. The van der Waals surface area contributed by atoms with Crippen molar-refractivity contribution in [2.45, 2.75) is 13.5 Å². The molecule has 3 heterocycles. The predicted molar refractivity (Wildman–Crippen MR) is 131 cm³/mol. The lowest BCUT2D eigenvalue weighted by Gasteiger charge is -2.13. The number of aryl methyl sites for hydroxylation is 1. The Hall–Kier alpha value is -4.93. The van der Waals surface area contributed by atoms with Crippen LogP contribution in [0.15, 0.2) is 70.1 Å². The summed E-state index contributed by atoms with van der Waals surface area (Å²) >= 11 is 0. The second kappa shape index (κ2) is 9.61. The van der Waals surface area contributed by atoms with E-state index in [0.29, 0.717) is 23.1 Å². The number of nitrogens with zero attached hydrogens (tertiary/aromatic N) is 4. The van der Waals surface area contributed by atoms with Crippen LogP contribution in [-0.4, -0.2) is 32.7 Å². The number of benzene rings is 2. The zero-order chi connectivity index (χ0) is 26.1. The summed E-state index contributed by atoms with van der Waals surface area (Å²) in [6.45, 7) is 1.42. The van der Waals surface area contributed by atoms with Crippen molar-refractivity contribution >= 4 is 22.6 Å². The molecule has 0 aliphatic carbocycles.